The van der Waals surface area contributed by atoms with Crippen LogP contribution in [0.2, 0.25) is 15.5 Å². The fourth-order valence-electron chi connectivity index (χ4n) is 10.8. The number of aryl methyl sites for hydroxylation is 1. The van der Waals surface area contributed by atoms with Crippen molar-refractivity contribution in [1.29, 1.82) is 0 Å². The van der Waals surface area contributed by atoms with Crippen molar-refractivity contribution in [3.63, 3.8) is 0 Å². The van der Waals surface area contributed by atoms with Crippen molar-refractivity contribution in [2.75, 3.05) is 137 Å². The topological polar surface area (TPSA) is 338 Å². The molecule has 4 aromatic heterocycles. The molecule has 4 atom stereocenters. The van der Waals surface area contributed by atoms with E-state index in [2.05, 4.69) is 60.5 Å². The number of carbonyl (C=O) groups excluding carboxylic acids is 4. The second kappa shape index (κ2) is 30.6. The zero-order chi connectivity index (χ0) is 64.2. The number of carboxylic acid groups (broad SMARTS) is 1. The number of anilines is 6. The van der Waals surface area contributed by atoms with E-state index in [0.29, 0.717) is 86.7 Å². The fraction of sp³-hybridized carbons (Fsp3) is 0.552. The van der Waals surface area contributed by atoms with Crippen LogP contribution in [-0.2, 0) is 28.7 Å². The molecule has 1 aromatic carbocycles. The van der Waals surface area contributed by atoms with Crippen LogP contribution in [0.4, 0.5) is 34.5 Å². The highest BCUT2D eigenvalue weighted by atomic mass is 35.5. The maximum atomic E-state index is 14.1. The Balaban J connectivity index is 0.000000226. The van der Waals surface area contributed by atoms with Crippen LogP contribution >= 0.6 is 46.1 Å². The predicted molar refractivity (Wildman–Crippen MR) is 341 cm³/mol. The zero-order valence-corrected chi connectivity index (χ0v) is 54.1. The molecule has 4 fully saturated rings. The van der Waals surface area contributed by atoms with Gasteiger partial charge in [0.2, 0.25) is 11.8 Å². The number of nitrogens with two attached hydrogens (primary N) is 3. The van der Waals surface area contributed by atoms with E-state index < -0.39 is 35.0 Å². The molecule has 9 N–H and O–H groups in total. The van der Waals surface area contributed by atoms with Gasteiger partial charge in [-0.1, -0.05) is 79.8 Å². The summed E-state index contributed by atoms with van der Waals surface area (Å²) in [6.07, 6.45) is -0.636. The number of thiazole rings is 1. The van der Waals surface area contributed by atoms with Crippen LogP contribution in [0, 0.1) is 18.3 Å². The number of halogens is 3. The number of nitrogen functional groups attached to an aromatic ring is 3. The lowest BCUT2D eigenvalue weighted by atomic mass is 9.76. The number of carboxylic acids is 1. The molecule has 0 spiro atoms. The number of rotatable bonds is 16. The maximum absolute atomic E-state index is 14.1. The molecule has 4 saturated heterocycles. The van der Waals surface area contributed by atoms with Crippen molar-refractivity contribution < 1.29 is 38.9 Å². The van der Waals surface area contributed by atoms with Gasteiger partial charge in [-0.25, -0.2) is 4.98 Å². The summed E-state index contributed by atoms with van der Waals surface area (Å²) in [5.74, 6) is -1.31. The van der Waals surface area contributed by atoms with E-state index in [1.54, 1.807) is 29.5 Å². The molecule has 8 heterocycles. The van der Waals surface area contributed by atoms with Crippen molar-refractivity contribution in [2.24, 2.45) is 11.3 Å². The van der Waals surface area contributed by atoms with Crippen molar-refractivity contribution in [2.45, 2.75) is 92.0 Å². The number of hydrogen-bond acceptors (Lipinski definition) is 24. The van der Waals surface area contributed by atoms with Gasteiger partial charge in [0.15, 0.2) is 32.9 Å². The molecule has 4 aliphatic heterocycles. The van der Waals surface area contributed by atoms with Gasteiger partial charge in [-0.15, -0.1) is 41.9 Å². The minimum Gasteiger partial charge on any atom is -0.480 e. The molecule has 0 bridgehead atoms. The van der Waals surface area contributed by atoms with Gasteiger partial charge in [-0.05, 0) is 51.2 Å². The lowest BCUT2D eigenvalue weighted by molar-refractivity contribution is -0.156. The standard InChI is InChI=1S/C34H45ClN8O4S.C14H22ClN5O2.C10H14ClN5O2/c1-20(22-6-8-23(9-7-22)30-21(2)37-19-48-30)38-32(46)28-15-25(45)18-43(28)33(47)26(34(3,4)5)14-24(44)17-41-10-12-42(13-11-41)27-16-29(35)39-40-31(27)36;1-14(2,3)22-12(21)9-19-4-6-20(7-5-19)10-8-11(15)17-18-13(10)16;11-8-5-7(10(12)14-13-8)16-3-1-15(2-4-16)6-9(17)18/h6-9,16,19-20,25-26,28,45H,10-15,17-18H2,1-5H3,(H2,36,40)(H,38,46);8H,4-7,9H2,1-3H3,(H2,16,18);5H,1-4,6H2,(H2,12,14)(H,17,18)/t20-,25+,26+,28-;;/m0../s1. The molecule has 26 nitrogen and oxygen atoms in total. The summed E-state index contributed by atoms with van der Waals surface area (Å²) in [5.41, 5.74) is 23.7. The van der Waals surface area contributed by atoms with E-state index in [4.69, 9.17) is 61.8 Å². The Labute approximate surface area is 532 Å². The molecule has 4 aliphatic rings. The first-order valence-electron chi connectivity index (χ1n) is 29.0. The van der Waals surface area contributed by atoms with Gasteiger partial charge in [0.05, 0.1) is 64.9 Å². The molecule has 0 aliphatic carbocycles. The largest absolute Gasteiger partial charge is 0.480 e. The number of Topliss-reactive ketones (excluding diaryl/α,β-unsaturated/α-hetero) is 1. The van der Waals surface area contributed by atoms with Crippen LogP contribution in [0.15, 0.2) is 48.0 Å². The molecule has 88 heavy (non-hydrogen) atoms. The second-order valence-corrected chi connectivity index (χ2v) is 26.3. The van der Waals surface area contributed by atoms with E-state index >= 15 is 0 Å². The Kier molecular flexibility index (Phi) is 23.8. The minimum absolute atomic E-state index is 0.0439. The van der Waals surface area contributed by atoms with E-state index in [1.807, 2.05) is 95.0 Å². The molecule has 30 heteroatoms. The van der Waals surface area contributed by atoms with Crippen LogP contribution in [0.5, 0.6) is 0 Å². The summed E-state index contributed by atoms with van der Waals surface area (Å²) in [5, 5.41) is 45.9. The number of ether oxygens (including phenoxy) is 1. The summed E-state index contributed by atoms with van der Waals surface area (Å²) in [7, 11) is 0. The molecule has 9 rings (SSSR count). The third kappa shape index (κ3) is 19.6. The zero-order valence-electron chi connectivity index (χ0n) is 51.0. The van der Waals surface area contributed by atoms with Gasteiger partial charge in [-0.3, -0.25) is 38.7 Å². The summed E-state index contributed by atoms with van der Waals surface area (Å²) in [4.78, 5) is 82.7. The van der Waals surface area contributed by atoms with Crippen LogP contribution in [0.3, 0.4) is 0 Å². The normalized spacial score (nSPS) is 18.5. The molecular weight excluding hydrogens is 1220 g/mol. The highest BCUT2D eigenvalue weighted by molar-refractivity contribution is 7.13. The lowest BCUT2D eigenvalue weighted by Crippen LogP contribution is -2.51. The quantitative estimate of drug-likeness (QED) is 0.0721. The Morgan fingerprint density at radius 1 is 0.682 bits per heavy atom. The van der Waals surface area contributed by atoms with Crippen molar-refractivity contribution in [3.05, 3.63) is 74.7 Å². The van der Waals surface area contributed by atoms with Crippen molar-refractivity contribution in [3.8, 4) is 10.4 Å². The number of hydrogen-bond donors (Lipinski definition) is 6. The number of likely N-dealkylation sites (tertiary alicyclic amines) is 1. The van der Waals surface area contributed by atoms with E-state index in [9.17, 15) is 29.1 Å². The molecule has 0 unspecified atom stereocenters. The number of esters is 1. The maximum Gasteiger partial charge on any atom is 0.320 e. The molecule has 478 valence electrons. The number of amides is 2. The number of β-amino-alcohol motifs (C(OH)–C–C–N with tert-alkyl or cyclic N) is 1. The Morgan fingerprint density at radius 2 is 1.12 bits per heavy atom. The Morgan fingerprint density at radius 3 is 1.53 bits per heavy atom. The van der Waals surface area contributed by atoms with Gasteiger partial charge in [0.25, 0.3) is 0 Å². The molecule has 5 aromatic rings. The van der Waals surface area contributed by atoms with Crippen molar-refractivity contribution >= 4 is 110 Å². The number of piperazine rings is 3. The third-order valence-corrected chi connectivity index (χ3v) is 16.9. The van der Waals surface area contributed by atoms with Crippen LogP contribution in [0.1, 0.15) is 78.6 Å². The first kappa shape index (κ1) is 68.6. The molecule has 0 saturated carbocycles. The Hall–Kier alpha value is -6.85. The van der Waals surface area contributed by atoms with Gasteiger partial charge in [-0.2, -0.15) is 0 Å². The number of nitrogens with one attached hydrogen (secondary N) is 1. The predicted octanol–water partition coefficient (Wildman–Crippen LogP) is 4.82. The first-order valence-corrected chi connectivity index (χ1v) is 31.1. The fourth-order valence-corrected chi connectivity index (χ4v) is 12.0. The smallest absolute Gasteiger partial charge is 0.320 e. The van der Waals surface area contributed by atoms with Crippen molar-refractivity contribution in [1.82, 2.24) is 60.5 Å². The van der Waals surface area contributed by atoms with Gasteiger partial charge in [0, 0.05) is 122 Å². The minimum atomic E-state index is -0.828. The number of benzene rings is 1. The van der Waals surface area contributed by atoms with Gasteiger partial charge < -0.3 is 57.1 Å². The number of nitrogens with zero attached hydrogens (tertiary/aromatic N) is 14. The number of aliphatic carboxylic acids is 1. The second-order valence-electron chi connectivity index (χ2n) is 24.3. The number of aromatic nitrogens is 7. The Bertz CT molecular complexity index is 3200. The summed E-state index contributed by atoms with van der Waals surface area (Å²) >= 11 is 19.3. The van der Waals surface area contributed by atoms with Gasteiger partial charge >= 0.3 is 11.9 Å². The molecule has 0 radical (unpaired) electrons. The monoisotopic (exact) mass is 1290 g/mol. The molecule has 2 amide bonds. The first-order chi connectivity index (χ1) is 41.5. The lowest BCUT2D eigenvalue weighted by Gasteiger charge is -2.37. The van der Waals surface area contributed by atoms with Crippen LogP contribution in [0.25, 0.3) is 10.4 Å². The van der Waals surface area contributed by atoms with E-state index in [0.717, 1.165) is 64.9 Å². The van der Waals surface area contributed by atoms with E-state index in [1.165, 1.54) is 4.90 Å². The summed E-state index contributed by atoms with van der Waals surface area (Å²) in [6, 6.07) is 11.9. The number of aliphatic hydroxyl groups is 1. The molecular formula is C58H81Cl3N18O8S. The highest BCUT2D eigenvalue weighted by Crippen LogP contribution is 2.35. The average Bonchev–Trinajstić information content (AvgIpc) is 3.80. The third-order valence-electron chi connectivity index (χ3n) is 15.4. The number of carbonyl (C=O) groups is 5. The summed E-state index contributed by atoms with van der Waals surface area (Å²) < 4.78 is 5.34. The average molecular weight is 1300 g/mol. The van der Waals surface area contributed by atoms with Gasteiger partial charge in [0.1, 0.15) is 17.4 Å². The van der Waals surface area contributed by atoms with Crippen LogP contribution < -0.4 is 37.2 Å². The number of ketones is 1. The highest BCUT2D eigenvalue weighted by Gasteiger charge is 2.45. The SMILES string of the molecule is CC(C)(C)OC(=O)CN1CCN(c2cc(Cl)nnc2N)CC1.Cc1ncsc1-c1ccc([C@H](C)NC(=O)[C@@H]2C[C@@H](O)CN2C(=O)[C@@H](CC(=O)CN2CCN(c3cc(Cl)nnc3N)CC2)C(C)(C)C)cc1.Nc1nnc(Cl)cc1N1CCN(CC(=O)O)CC1. The van der Waals surface area contributed by atoms with E-state index in [-0.39, 0.29) is 67.2 Å². The summed E-state index contributed by atoms with van der Waals surface area (Å²) in [6.45, 7) is 24.2. The number of aliphatic hydroxyl groups excluding tert-OH is 1. The van der Waals surface area contributed by atoms with Crippen LogP contribution in [-0.4, -0.2) is 217 Å².